The minimum atomic E-state index is -0.677. The SMILES string of the molecule is [2H]C1(C2CCCC2)C=CC2=C(C)N(c3ccccc3C)C(c3c(C)cccc3C)N21. The number of allylic oxidation sites excluding steroid dienone is 2. The standard InChI is InChI=1S/C27H32N2/c1-18-10-5-8-15-23(18)28-21(4)24-16-17-25(22-13-6-7-14-22)29(24)27(28)26-19(2)11-9-12-20(26)3/h5,8-12,15-17,22,25,27H,6-7,13-14H2,1-4H3/i25D. The molecule has 2 heterocycles. The zero-order valence-corrected chi connectivity index (χ0v) is 18.1. The van der Waals surface area contributed by atoms with Crippen LogP contribution in [0, 0.1) is 26.7 Å². The van der Waals surface area contributed by atoms with E-state index in [1.807, 2.05) is 0 Å². The van der Waals surface area contributed by atoms with Crippen molar-refractivity contribution >= 4 is 5.69 Å². The van der Waals surface area contributed by atoms with Crippen LogP contribution in [0.1, 0.15) is 62.4 Å². The van der Waals surface area contributed by atoms with Crippen LogP contribution in [0.5, 0.6) is 0 Å². The van der Waals surface area contributed by atoms with Crippen LogP contribution in [-0.2, 0) is 0 Å². The van der Waals surface area contributed by atoms with E-state index in [0.29, 0.717) is 5.92 Å². The molecule has 2 aromatic carbocycles. The zero-order valence-electron chi connectivity index (χ0n) is 19.1. The predicted octanol–water partition coefficient (Wildman–Crippen LogP) is 6.79. The second-order valence-corrected chi connectivity index (χ2v) is 8.92. The van der Waals surface area contributed by atoms with Gasteiger partial charge in [0, 0.05) is 16.9 Å². The molecule has 29 heavy (non-hydrogen) atoms. The highest BCUT2D eigenvalue weighted by Crippen LogP contribution is 2.51. The van der Waals surface area contributed by atoms with Gasteiger partial charge in [-0.25, -0.2) is 0 Å². The van der Waals surface area contributed by atoms with Gasteiger partial charge in [-0.05, 0) is 75.3 Å². The summed E-state index contributed by atoms with van der Waals surface area (Å²) in [7, 11) is 0. The van der Waals surface area contributed by atoms with Gasteiger partial charge in [-0.2, -0.15) is 0 Å². The molecule has 2 heteroatoms. The van der Waals surface area contributed by atoms with Crippen LogP contribution in [0.15, 0.2) is 66.0 Å². The van der Waals surface area contributed by atoms with E-state index in [2.05, 4.69) is 92.1 Å². The molecular weight excluding hydrogens is 352 g/mol. The predicted molar refractivity (Wildman–Crippen MR) is 122 cm³/mol. The quantitative estimate of drug-likeness (QED) is 0.574. The van der Waals surface area contributed by atoms with E-state index in [-0.39, 0.29) is 6.17 Å². The number of hydrogen-bond donors (Lipinski definition) is 0. The summed E-state index contributed by atoms with van der Waals surface area (Å²) in [6, 6.07) is 14.6. The van der Waals surface area contributed by atoms with E-state index < -0.39 is 6.02 Å². The number of benzene rings is 2. The number of aryl methyl sites for hydroxylation is 3. The van der Waals surface area contributed by atoms with Crippen molar-refractivity contribution in [1.82, 2.24) is 4.90 Å². The van der Waals surface area contributed by atoms with E-state index >= 15 is 0 Å². The van der Waals surface area contributed by atoms with Gasteiger partial charge >= 0.3 is 0 Å². The van der Waals surface area contributed by atoms with Gasteiger partial charge in [0.25, 0.3) is 0 Å². The average molecular weight is 386 g/mol. The first-order valence-corrected chi connectivity index (χ1v) is 11.0. The maximum atomic E-state index is 9.70. The highest BCUT2D eigenvalue weighted by molar-refractivity contribution is 5.64. The zero-order chi connectivity index (χ0) is 21.0. The van der Waals surface area contributed by atoms with Crippen molar-refractivity contribution in [2.45, 2.75) is 65.6 Å². The fourth-order valence-corrected chi connectivity index (χ4v) is 5.65. The van der Waals surface area contributed by atoms with Gasteiger partial charge in [-0.3, -0.25) is 0 Å². The number of nitrogens with zero attached hydrogens (tertiary/aromatic N) is 2. The molecule has 0 saturated heterocycles. The van der Waals surface area contributed by atoms with Crippen LogP contribution in [-0.4, -0.2) is 10.9 Å². The van der Waals surface area contributed by atoms with Gasteiger partial charge in [0.2, 0.25) is 0 Å². The topological polar surface area (TPSA) is 6.48 Å². The summed E-state index contributed by atoms with van der Waals surface area (Å²) in [5.41, 5.74) is 8.92. The lowest BCUT2D eigenvalue weighted by molar-refractivity contribution is 0.200. The molecule has 2 atom stereocenters. The lowest BCUT2D eigenvalue weighted by atomic mass is 9.94. The third-order valence-corrected chi connectivity index (χ3v) is 7.12. The molecule has 0 radical (unpaired) electrons. The molecule has 0 bridgehead atoms. The van der Waals surface area contributed by atoms with Crippen molar-refractivity contribution in [2.24, 2.45) is 5.92 Å². The first-order valence-electron chi connectivity index (χ1n) is 11.5. The van der Waals surface area contributed by atoms with Crippen molar-refractivity contribution in [3.8, 4) is 0 Å². The Bertz CT molecular complexity index is 1030. The van der Waals surface area contributed by atoms with Crippen LogP contribution in [0.3, 0.4) is 0 Å². The summed E-state index contributed by atoms with van der Waals surface area (Å²) in [6.45, 7) is 8.86. The molecule has 5 rings (SSSR count). The normalized spacial score (nSPS) is 27.2. The van der Waals surface area contributed by atoms with E-state index in [1.165, 1.54) is 52.2 Å². The highest BCUT2D eigenvalue weighted by atomic mass is 15.4. The molecule has 2 aliphatic heterocycles. The van der Waals surface area contributed by atoms with E-state index in [9.17, 15) is 1.37 Å². The van der Waals surface area contributed by atoms with Crippen LogP contribution < -0.4 is 4.90 Å². The lowest BCUT2D eigenvalue weighted by Gasteiger charge is -2.40. The molecule has 0 spiro atoms. The Balaban J connectivity index is 1.73. The smallest absolute Gasteiger partial charge is 0.133 e. The molecule has 2 aromatic rings. The van der Waals surface area contributed by atoms with Crippen molar-refractivity contribution < 1.29 is 1.37 Å². The molecular formula is C27H32N2. The van der Waals surface area contributed by atoms with Crippen LogP contribution in [0.4, 0.5) is 5.69 Å². The van der Waals surface area contributed by atoms with Gasteiger partial charge in [0.1, 0.15) is 6.17 Å². The molecule has 2 unspecified atom stereocenters. The molecule has 3 aliphatic rings. The minimum Gasteiger partial charge on any atom is -0.339 e. The number of anilines is 1. The monoisotopic (exact) mass is 385 g/mol. The molecule has 2 nitrogen and oxygen atoms in total. The van der Waals surface area contributed by atoms with Crippen molar-refractivity contribution in [3.05, 3.63) is 88.3 Å². The number of para-hydroxylation sites is 1. The fourth-order valence-electron chi connectivity index (χ4n) is 5.65. The molecule has 0 aromatic heterocycles. The summed E-state index contributed by atoms with van der Waals surface area (Å²) < 4.78 is 9.70. The Kier molecular flexibility index (Phi) is 4.25. The largest absolute Gasteiger partial charge is 0.339 e. The number of fused-ring (bicyclic) bond motifs is 1. The molecule has 1 aliphatic carbocycles. The first kappa shape index (κ1) is 17.4. The Labute approximate surface area is 176 Å². The van der Waals surface area contributed by atoms with Crippen molar-refractivity contribution in [3.63, 3.8) is 0 Å². The second kappa shape index (κ2) is 7.09. The average Bonchev–Trinajstić information content (AvgIpc) is 3.42. The Morgan fingerprint density at radius 2 is 1.52 bits per heavy atom. The Hall–Kier alpha value is -2.48. The maximum Gasteiger partial charge on any atom is 0.133 e. The number of hydrogen-bond acceptors (Lipinski definition) is 2. The Morgan fingerprint density at radius 3 is 2.21 bits per heavy atom. The van der Waals surface area contributed by atoms with Crippen molar-refractivity contribution in [1.29, 1.82) is 0 Å². The molecule has 150 valence electrons. The van der Waals surface area contributed by atoms with Gasteiger partial charge < -0.3 is 9.80 Å². The molecule has 1 saturated carbocycles. The number of rotatable bonds is 3. The second-order valence-electron chi connectivity index (χ2n) is 8.92. The van der Waals surface area contributed by atoms with E-state index in [4.69, 9.17) is 0 Å². The third kappa shape index (κ3) is 2.84. The van der Waals surface area contributed by atoms with Gasteiger partial charge in [-0.1, -0.05) is 55.3 Å². The van der Waals surface area contributed by atoms with E-state index in [1.54, 1.807) is 0 Å². The first-order chi connectivity index (χ1) is 14.4. The third-order valence-electron chi connectivity index (χ3n) is 7.12. The summed E-state index contributed by atoms with van der Waals surface area (Å²) >= 11 is 0. The summed E-state index contributed by atoms with van der Waals surface area (Å²) in [4.78, 5) is 4.92. The van der Waals surface area contributed by atoms with Gasteiger partial charge in [-0.15, -0.1) is 0 Å². The summed E-state index contributed by atoms with van der Waals surface area (Å²) in [5.74, 6) is 0.391. The maximum absolute atomic E-state index is 9.70. The Morgan fingerprint density at radius 1 is 0.862 bits per heavy atom. The van der Waals surface area contributed by atoms with Crippen LogP contribution in [0.25, 0.3) is 0 Å². The summed E-state index contributed by atoms with van der Waals surface area (Å²) in [5, 5.41) is 0. The molecule has 1 fully saturated rings. The van der Waals surface area contributed by atoms with Crippen molar-refractivity contribution in [2.75, 3.05) is 4.90 Å². The highest BCUT2D eigenvalue weighted by Gasteiger charge is 2.46. The van der Waals surface area contributed by atoms with Crippen LogP contribution >= 0.6 is 0 Å². The molecule has 0 N–H and O–H groups in total. The lowest BCUT2D eigenvalue weighted by Crippen LogP contribution is -2.40. The van der Waals surface area contributed by atoms with Crippen LogP contribution in [0.2, 0.25) is 0 Å². The molecule has 0 amide bonds. The summed E-state index contributed by atoms with van der Waals surface area (Å²) in [6.07, 6.45) is 9.22. The van der Waals surface area contributed by atoms with E-state index in [0.717, 1.165) is 12.8 Å². The minimum absolute atomic E-state index is 0.00963. The fraction of sp³-hybridized carbons (Fsp3) is 0.407. The van der Waals surface area contributed by atoms with Gasteiger partial charge in [0.15, 0.2) is 0 Å². The van der Waals surface area contributed by atoms with Gasteiger partial charge in [0.05, 0.1) is 13.1 Å².